The molecule has 14 heteroatoms. The maximum absolute atomic E-state index is 8.25. The molecule has 0 atom stereocenters. The first kappa shape index (κ1) is 364. The molecule has 99 valence electrons. The van der Waals surface area contributed by atoms with E-state index in [4.69, 9.17) is 15.3 Å². The molecule has 1 radical (unpaired) electrons. The standard InChI is InChI=1S/Cr.NO3.9H2O/c;2-1(3)4;;;;;;;;;/h;;9*1H2/q+3;-1;;;;;;;;;. The van der Waals surface area contributed by atoms with E-state index in [1.807, 2.05) is 0 Å². The SMILES string of the molecule is O.O.O.O.O.O.O.O.O.O=[N+]([O-])[O-].[Cr+3]. The Balaban J connectivity index is -0.000000001000. The Morgan fingerprint density at radius 3 is 0.571 bits per heavy atom. The molecule has 0 fully saturated rings. The molecule has 0 unspecified atom stereocenters. The monoisotopic (exact) mass is 276 g/mol. The van der Waals surface area contributed by atoms with Crippen LogP contribution >= 0.6 is 0 Å². The van der Waals surface area contributed by atoms with E-state index in [0.29, 0.717) is 0 Å². The van der Waals surface area contributed by atoms with Gasteiger partial charge in [-0.15, -0.1) is 0 Å². The van der Waals surface area contributed by atoms with Gasteiger partial charge in [0.15, 0.2) is 0 Å². The summed E-state index contributed by atoms with van der Waals surface area (Å²) >= 11 is 0. The largest absolute Gasteiger partial charge is 3.00 e. The third kappa shape index (κ3) is 3110. The first-order valence-electron chi connectivity index (χ1n) is 0.548. The zero-order valence-corrected chi connectivity index (χ0v) is 7.86. The second-order valence-electron chi connectivity index (χ2n) is 0.224. The minimum Gasteiger partial charge on any atom is -0.412 e. The van der Waals surface area contributed by atoms with E-state index >= 15 is 0 Å². The second kappa shape index (κ2) is 284. The van der Waals surface area contributed by atoms with Gasteiger partial charge < -0.3 is 64.6 Å². The predicted octanol–water partition coefficient (Wildman–Crippen LogP) is -7.66. The van der Waals surface area contributed by atoms with Crippen LogP contribution in [0.4, 0.5) is 0 Å². The van der Waals surface area contributed by atoms with Gasteiger partial charge in [-0.05, 0) is 0 Å². The van der Waals surface area contributed by atoms with Crippen molar-refractivity contribution in [3.63, 3.8) is 0 Å². The van der Waals surface area contributed by atoms with Crippen molar-refractivity contribution in [2.75, 3.05) is 0 Å². The first-order valence-corrected chi connectivity index (χ1v) is 0.548. The average molecular weight is 276 g/mol. The van der Waals surface area contributed by atoms with Crippen LogP contribution in [-0.4, -0.2) is 54.4 Å². The Labute approximate surface area is 88.0 Å². The Bertz CT molecular complexity index is 33.3. The molecule has 0 spiro atoms. The fourth-order valence-electron chi connectivity index (χ4n) is 0. The summed E-state index contributed by atoms with van der Waals surface area (Å²) in [6.07, 6.45) is 0. The van der Waals surface area contributed by atoms with Crippen molar-refractivity contribution < 1.29 is 71.7 Å². The van der Waals surface area contributed by atoms with Crippen LogP contribution in [0.1, 0.15) is 0 Å². The summed E-state index contributed by atoms with van der Waals surface area (Å²) in [5, 5.41) is 14.8. The van der Waals surface area contributed by atoms with Crippen LogP contribution in [0.15, 0.2) is 0 Å². The molecule has 0 aliphatic rings. The number of nitrogens with zero attached hydrogens (tertiary/aromatic N) is 1. The van der Waals surface area contributed by atoms with E-state index in [1.165, 1.54) is 0 Å². The molecule has 0 aromatic rings. The minimum atomic E-state index is -1.75. The Morgan fingerprint density at radius 1 is 0.571 bits per heavy atom. The van der Waals surface area contributed by atoms with Crippen molar-refractivity contribution in [2.45, 2.75) is 0 Å². The fraction of sp³-hybridized carbons (Fsp3) is 0. The van der Waals surface area contributed by atoms with Crippen LogP contribution in [0.3, 0.4) is 0 Å². The third-order valence-electron chi connectivity index (χ3n) is 0. The van der Waals surface area contributed by atoms with Crippen LogP contribution < -0.4 is 0 Å². The van der Waals surface area contributed by atoms with E-state index in [9.17, 15) is 0 Å². The van der Waals surface area contributed by atoms with E-state index < -0.39 is 5.09 Å². The number of hydrogen-bond acceptors (Lipinski definition) is 3. The van der Waals surface area contributed by atoms with Crippen LogP contribution in [0, 0.1) is 15.3 Å². The van der Waals surface area contributed by atoms with Gasteiger partial charge in [0.05, 0.1) is 5.09 Å². The van der Waals surface area contributed by atoms with Gasteiger partial charge in [0.1, 0.15) is 0 Å². The van der Waals surface area contributed by atoms with Gasteiger partial charge in [-0.25, -0.2) is 0 Å². The van der Waals surface area contributed by atoms with Crippen molar-refractivity contribution in [3.05, 3.63) is 15.3 Å². The van der Waals surface area contributed by atoms with E-state index in [1.54, 1.807) is 0 Å². The molecule has 0 aliphatic carbocycles. The zero-order chi connectivity index (χ0) is 3.58. The molecule has 0 aromatic carbocycles. The van der Waals surface area contributed by atoms with E-state index in [2.05, 4.69) is 0 Å². The van der Waals surface area contributed by atoms with Crippen LogP contribution in [0.5, 0.6) is 0 Å². The summed E-state index contributed by atoms with van der Waals surface area (Å²) in [4.78, 5) is 8.25. The summed E-state index contributed by atoms with van der Waals surface area (Å²) in [5.74, 6) is 0. The van der Waals surface area contributed by atoms with Gasteiger partial charge in [-0.3, -0.25) is 0 Å². The quantitative estimate of drug-likeness (QED) is 0.307. The van der Waals surface area contributed by atoms with E-state index in [0.717, 1.165) is 0 Å². The smallest absolute Gasteiger partial charge is 0.412 e. The van der Waals surface area contributed by atoms with Crippen molar-refractivity contribution in [1.82, 2.24) is 0 Å². The maximum atomic E-state index is 8.25. The molecule has 14 heavy (non-hydrogen) atoms. The van der Waals surface area contributed by atoms with Crippen molar-refractivity contribution in [2.24, 2.45) is 0 Å². The molecule has 0 rings (SSSR count). The van der Waals surface area contributed by atoms with E-state index in [-0.39, 0.29) is 66.6 Å². The molecule has 13 nitrogen and oxygen atoms in total. The fourth-order valence-corrected chi connectivity index (χ4v) is 0. The molecule has 0 aromatic heterocycles. The van der Waals surface area contributed by atoms with Crippen LogP contribution in [0.25, 0.3) is 0 Å². The molecule has 0 heterocycles. The molecular formula is H18CrNO12+2. The normalized spacial score (nSPS) is 1.71. The molecule has 0 aliphatic heterocycles. The van der Waals surface area contributed by atoms with Gasteiger partial charge in [0.2, 0.25) is 0 Å². The first-order chi connectivity index (χ1) is 1.73. The molecule has 18 N–H and O–H groups in total. The molecule has 0 amide bonds. The van der Waals surface area contributed by atoms with Gasteiger partial charge in [-0.1, -0.05) is 0 Å². The van der Waals surface area contributed by atoms with Gasteiger partial charge in [0.25, 0.3) is 0 Å². The van der Waals surface area contributed by atoms with Crippen molar-refractivity contribution in [1.29, 1.82) is 0 Å². The third-order valence-corrected chi connectivity index (χ3v) is 0. The van der Waals surface area contributed by atoms with Gasteiger partial charge >= 0.3 is 17.4 Å². The summed E-state index contributed by atoms with van der Waals surface area (Å²) in [7, 11) is 0. The predicted molar refractivity (Wildman–Crippen MR) is 42.9 cm³/mol. The Morgan fingerprint density at radius 2 is 0.571 bits per heavy atom. The minimum absolute atomic E-state index is 0. The van der Waals surface area contributed by atoms with Crippen LogP contribution in [0.2, 0.25) is 0 Å². The molecule has 0 saturated heterocycles. The van der Waals surface area contributed by atoms with Crippen molar-refractivity contribution >= 4 is 0 Å². The number of rotatable bonds is 0. The van der Waals surface area contributed by atoms with Gasteiger partial charge in [0, 0.05) is 0 Å². The maximum Gasteiger partial charge on any atom is 3.00 e. The summed E-state index contributed by atoms with van der Waals surface area (Å²) in [6, 6.07) is 0. The molecule has 0 saturated carbocycles. The average Bonchev–Trinajstić information content (AvgIpc) is 0.811. The Kier molecular flexibility index (Phi) is 7390. The molecule has 0 bridgehead atoms. The summed E-state index contributed by atoms with van der Waals surface area (Å²) < 4.78 is 0. The van der Waals surface area contributed by atoms with Crippen molar-refractivity contribution in [3.8, 4) is 0 Å². The summed E-state index contributed by atoms with van der Waals surface area (Å²) in [5.41, 5.74) is 0. The Hall–Kier alpha value is -0.628. The zero-order valence-electron chi connectivity index (χ0n) is 6.58. The molecular weight excluding hydrogens is 258 g/mol. The second-order valence-corrected chi connectivity index (χ2v) is 0.224. The number of hydrogen-bond donors (Lipinski definition) is 0. The summed E-state index contributed by atoms with van der Waals surface area (Å²) in [6.45, 7) is 0. The topological polar surface area (TPSA) is 350 Å². The van der Waals surface area contributed by atoms with Crippen LogP contribution in [-0.2, 0) is 17.4 Å². The van der Waals surface area contributed by atoms with Gasteiger partial charge in [-0.2, -0.15) is 0 Å².